The molecule has 0 aliphatic heterocycles. The minimum Gasteiger partial charge on any atom is -0.462 e. The molecular formula is C57H110O6. The lowest BCUT2D eigenvalue weighted by Gasteiger charge is -2.18. The van der Waals surface area contributed by atoms with Crippen LogP contribution in [0.4, 0.5) is 0 Å². The first-order chi connectivity index (χ1) is 30.9. The Kier molecular flexibility index (Phi) is 50.1. The highest BCUT2D eigenvalue weighted by atomic mass is 16.6. The molecule has 6 heteroatoms. The number of carbonyl (C=O) groups is 3. The molecule has 1 atom stereocenters. The van der Waals surface area contributed by atoms with Crippen molar-refractivity contribution in [3.05, 3.63) is 0 Å². The molecule has 0 heterocycles. The number of hydrogen-bond acceptors (Lipinski definition) is 6. The van der Waals surface area contributed by atoms with Crippen molar-refractivity contribution >= 4 is 17.9 Å². The standard InChI is InChI=1S/C57H110O6/c1-5-7-9-11-13-15-17-19-20-21-22-23-24-30-34-38-42-46-50-57(60)63-54(51-61-55(58)48-44-40-36-32-28-18-16-14-12-10-8-6-2)52-62-56(59)49-45-41-37-33-29-26-25-27-31-35-39-43-47-53(3)4/h53-54H,5-52H2,1-4H3/t54-/m1/s1. The SMILES string of the molecule is CCCCCCCCCCCCCCCCCCCCC(=O)O[C@H](COC(=O)CCCCCCCCCCCCCC)COC(=O)CCCCCCCCCCCCCCC(C)C. The molecule has 6 nitrogen and oxygen atoms in total. The maximum atomic E-state index is 12.8. The third-order valence-electron chi connectivity index (χ3n) is 13.0. The first kappa shape index (κ1) is 61.4. The lowest BCUT2D eigenvalue weighted by Crippen LogP contribution is -2.30. The molecule has 0 saturated carbocycles. The van der Waals surface area contributed by atoms with Crippen molar-refractivity contribution in [1.82, 2.24) is 0 Å². The van der Waals surface area contributed by atoms with E-state index in [9.17, 15) is 14.4 Å². The normalized spacial score (nSPS) is 12.0. The Hall–Kier alpha value is -1.59. The van der Waals surface area contributed by atoms with Crippen molar-refractivity contribution in [3.8, 4) is 0 Å². The summed E-state index contributed by atoms with van der Waals surface area (Å²) in [5.41, 5.74) is 0. The molecule has 0 N–H and O–H groups in total. The molecule has 0 radical (unpaired) electrons. The molecule has 0 saturated heterocycles. The number of hydrogen-bond donors (Lipinski definition) is 0. The van der Waals surface area contributed by atoms with Gasteiger partial charge in [-0.05, 0) is 25.2 Å². The number of ether oxygens (including phenoxy) is 3. The van der Waals surface area contributed by atoms with Gasteiger partial charge in [0.2, 0.25) is 0 Å². The third kappa shape index (κ3) is 51.3. The Labute approximate surface area is 393 Å². The van der Waals surface area contributed by atoms with Crippen LogP contribution in [0.1, 0.15) is 323 Å². The summed E-state index contributed by atoms with van der Waals surface area (Å²) < 4.78 is 16.9. The maximum Gasteiger partial charge on any atom is 0.306 e. The molecule has 0 bridgehead atoms. The smallest absolute Gasteiger partial charge is 0.306 e. The fourth-order valence-electron chi connectivity index (χ4n) is 8.75. The van der Waals surface area contributed by atoms with Gasteiger partial charge in [0.05, 0.1) is 0 Å². The topological polar surface area (TPSA) is 78.9 Å². The van der Waals surface area contributed by atoms with E-state index in [1.165, 1.54) is 218 Å². The summed E-state index contributed by atoms with van der Waals surface area (Å²) in [5.74, 6) is -0.00364. The molecule has 0 rings (SSSR count). The fourth-order valence-corrected chi connectivity index (χ4v) is 8.75. The van der Waals surface area contributed by atoms with E-state index in [0.29, 0.717) is 19.3 Å². The first-order valence-electron chi connectivity index (χ1n) is 28.4. The third-order valence-corrected chi connectivity index (χ3v) is 13.0. The van der Waals surface area contributed by atoms with Crippen LogP contribution in [0.15, 0.2) is 0 Å². The van der Waals surface area contributed by atoms with Crippen LogP contribution in [-0.4, -0.2) is 37.2 Å². The Morgan fingerprint density at radius 1 is 0.302 bits per heavy atom. The van der Waals surface area contributed by atoms with Crippen LogP contribution < -0.4 is 0 Å². The van der Waals surface area contributed by atoms with Gasteiger partial charge in [-0.25, -0.2) is 0 Å². The lowest BCUT2D eigenvalue weighted by molar-refractivity contribution is -0.167. The molecule has 0 aliphatic carbocycles. The Morgan fingerprint density at radius 3 is 0.778 bits per heavy atom. The van der Waals surface area contributed by atoms with Gasteiger partial charge in [0.25, 0.3) is 0 Å². The quantitative estimate of drug-likeness (QED) is 0.0344. The molecule has 0 aromatic carbocycles. The Balaban J connectivity index is 4.28. The van der Waals surface area contributed by atoms with Crippen LogP contribution in [0, 0.1) is 5.92 Å². The molecule has 0 aromatic heterocycles. The molecule has 0 spiro atoms. The lowest BCUT2D eigenvalue weighted by atomic mass is 10.0. The summed E-state index contributed by atoms with van der Waals surface area (Å²) in [6, 6.07) is 0. The summed E-state index contributed by atoms with van der Waals surface area (Å²) in [5, 5.41) is 0. The molecular weight excluding hydrogens is 781 g/mol. The van der Waals surface area contributed by atoms with Gasteiger partial charge in [-0.2, -0.15) is 0 Å². The molecule has 374 valence electrons. The second-order valence-electron chi connectivity index (χ2n) is 20.1. The van der Waals surface area contributed by atoms with Crippen LogP contribution in [0.25, 0.3) is 0 Å². The highest BCUT2D eigenvalue weighted by molar-refractivity contribution is 5.71. The molecule has 0 fully saturated rings. The minimum absolute atomic E-state index is 0.0621. The maximum absolute atomic E-state index is 12.8. The van der Waals surface area contributed by atoms with Gasteiger partial charge >= 0.3 is 17.9 Å². The summed E-state index contributed by atoms with van der Waals surface area (Å²) in [6.07, 6.45) is 55.2. The van der Waals surface area contributed by atoms with Crippen molar-refractivity contribution in [1.29, 1.82) is 0 Å². The van der Waals surface area contributed by atoms with E-state index in [1.807, 2.05) is 0 Å². The summed E-state index contributed by atoms with van der Waals surface area (Å²) in [7, 11) is 0. The number of rotatable bonds is 52. The number of carbonyl (C=O) groups excluding carboxylic acids is 3. The van der Waals surface area contributed by atoms with E-state index in [4.69, 9.17) is 14.2 Å². The average molecular weight is 892 g/mol. The van der Waals surface area contributed by atoms with Crippen molar-refractivity contribution in [2.45, 2.75) is 329 Å². The van der Waals surface area contributed by atoms with Gasteiger partial charge < -0.3 is 14.2 Å². The fraction of sp³-hybridized carbons (Fsp3) is 0.947. The van der Waals surface area contributed by atoms with Crippen LogP contribution in [0.2, 0.25) is 0 Å². The monoisotopic (exact) mass is 891 g/mol. The van der Waals surface area contributed by atoms with E-state index < -0.39 is 6.10 Å². The Bertz CT molecular complexity index is 949. The van der Waals surface area contributed by atoms with E-state index in [-0.39, 0.29) is 31.1 Å². The van der Waals surface area contributed by atoms with Crippen molar-refractivity contribution in [2.75, 3.05) is 13.2 Å². The zero-order valence-electron chi connectivity index (χ0n) is 43.0. The van der Waals surface area contributed by atoms with Gasteiger partial charge in [-0.1, -0.05) is 285 Å². The van der Waals surface area contributed by atoms with Gasteiger partial charge in [-0.15, -0.1) is 0 Å². The molecule has 0 amide bonds. The second kappa shape index (κ2) is 51.4. The highest BCUT2D eigenvalue weighted by Crippen LogP contribution is 2.18. The average Bonchev–Trinajstić information content (AvgIpc) is 3.27. The predicted octanol–water partition coefficient (Wildman–Crippen LogP) is 18.6. The molecule has 0 aromatic rings. The first-order valence-corrected chi connectivity index (χ1v) is 28.4. The Morgan fingerprint density at radius 2 is 0.524 bits per heavy atom. The van der Waals surface area contributed by atoms with Gasteiger partial charge in [0.15, 0.2) is 6.10 Å². The number of esters is 3. The summed E-state index contributed by atoms with van der Waals surface area (Å²) in [4.78, 5) is 38.1. The van der Waals surface area contributed by atoms with E-state index in [0.717, 1.165) is 63.7 Å². The van der Waals surface area contributed by atoms with E-state index in [1.54, 1.807) is 0 Å². The van der Waals surface area contributed by atoms with Gasteiger partial charge in [-0.3, -0.25) is 14.4 Å². The van der Waals surface area contributed by atoms with E-state index >= 15 is 0 Å². The predicted molar refractivity (Wildman–Crippen MR) is 270 cm³/mol. The summed E-state index contributed by atoms with van der Waals surface area (Å²) >= 11 is 0. The van der Waals surface area contributed by atoms with E-state index in [2.05, 4.69) is 27.7 Å². The van der Waals surface area contributed by atoms with Gasteiger partial charge in [0.1, 0.15) is 13.2 Å². The molecule has 0 aliphatic rings. The van der Waals surface area contributed by atoms with Crippen molar-refractivity contribution in [3.63, 3.8) is 0 Å². The van der Waals surface area contributed by atoms with Crippen LogP contribution in [-0.2, 0) is 28.6 Å². The molecule has 0 unspecified atom stereocenters. The van der Waals surface area contributed by atoms with Crippen molar-refractivity contribution in [2.24, 2.45) is 5.92 Å². The highest BCUT2D eigenvalue weighted by Gasteiger charge is 2.19. The summed E-state index contributed by atoms with van der Waals surface area (Å²) in [6.45, 7) is 9.05. The van der Waals surface area contributed by atoms with Gasteiger partial charge in [0, 0.05) is 19.3 Å². The zero-order valence-corrected chi connectivity index (χ0v) is 43.0. The second-order valence-corrected chi connectivity index (χ2v) is 20.1. The minimum atomic E-state index is -0.761. The largest absolute Gasteiger partial charge is 0.462 e. The van der Waals surface area contributed by atoms with Crippen molar-refractivity contribution < 1.29 is 28.6 Å². The zero-order chi connectivity index (χ0) is 45.9. The molecule has 63 heavy (non-hydrogen) atoms. The number of unbranched alkanes of at least 4 members (excludes halogenated alkanes) is 39. The van der Waals surface area contributed by atoms with Crippen LogP contribution in [0.5, 0.6) is 0 Å². The van der Waals surface area contributed by atoms with Crippen LogP contribution >= 0.6 is 0 Å². The van der Waals surface area contributed by atoms with Crippen LogP contribution in [0.3, 0.4) is 0 Å².